The molecule has 21 heavy (non-hydrogen) atoms. The molecule has 1 saturated heterocycles. The van der Waals surface area contributed by atoms with E-state index < -0.39 is 0 Å². The number of rotatable bonds is 4. The van der Waals surface area contributed by atoms with E-state index in [9.17, 15) is 0 Å². The van der Waals surface area contributed by atoms with Crippen molar-refractivity contribution in [2.75, 3.05) is 40.1 Å². The zero-order chi connectivity index (χ0) is 14.7. The second-order valence-electron chi connectivity index (χ2n) is 5.42. The molecule has 0 radical (unpaired) electrons. The summed E-state index contributed by atoms with van der Waals surface area (Å²) >= 11 is 0. The van der Waals surface area contributed by atoms with Gasteiger partial charge in [-0.3, -0.25) is 4.90 Å². The molecule has 3 rings (SSSR count). The van der Waals surface area contributed by atoms with E-state index in [1.807, 2.05) is 6.07 Å². The van der Waals surface area contributed by atoms with Gasteiger partial charge in [0.15, 0.2) is 11.5 Å². The monoisotopic (exact) mass is 293 g/mol. The molecule has 0 unspecified atom stereocenters. The van der Waals surface area contributed by atoms with Crippen LogP contribution in [0.25, 0.3) is 0 Å². The quantitative estimate of drug-likeness (QED) is 0.850. The number of benzene rings is 1. The Hall–Kier alpha value is -1.46. The maximum Gasteiger partial charge on any atom is 0.165 e. The molecule has 2 aliphatic rings. The van der Waals surface area contributed by atoms with Crippen molar-refractivity contribution in [3.05, 3.63) is 17.7 Å². The molecule has 1 atom stereocenters. The summed E-state index contributed by atoms with van der Waals surface area (Å²) in [7, 11) is 1.70. The first-order valence-corrected chi connectivity index (χ1v) is 7.60. The molecule has 0 amide bonds. The predicted molar refractivity (Wildman–Crippen MR) is 79.3 cm³/mol. The first-order valence-electron chi connectivity index (χ1n) is 7.60. The van der Waals surface area contributed by atoms with Crippen molar-refractivity contribution in [3.8, 4) is 17.2 Å². The lowest BCUT2D eigenvalue weighted by Gasteiger charge is -2.35. The van der Waals surface area contributed by atoms with Crippen molar-refractivity contribution in [1.29, 1.82) is 0 Å². The molecule has 1 aromatic rings. The Morgan fingerprint density at radius 2 is 1.95 bits per heavy atom. The van der Waals surface area contributed by atoms with Crippen LogP contribution in [0.4, 0.5) is 0 Å². The maximum atomic E-state index is 5.68. The van der Waals surface area contributed by atoms with E-state index in [0.717, 1.165) is 55.5 Å². The van der Waals surface area contributed by atoms with E-state index in [1.54, 1.807) is 7.11 Å². The van der Waals surface area contributed by atoms with Gasteiger partial charge in [-0.15, -0.1) is 0 Å². The summed E-state index contributed by atoms with van der Waals surface area (Å²) in [6.45, 7) is 6.81. The fourth-order valence-electron chi connectivity index (χ4n) is 2.92. The Balaban J connectivity index is 1.83. The van der Waals surface area contributed by atoms with Gasteiger partial charge in [-0.1, -0.05) is 6.92 Å². The van der Waals surface area contributed by atoms with E-state index in [0.29, 0.717) is 19.3 Å². The molecule has 0 spiro atoms. The number of hydrogen-bond acceptors (Lipinski definition) is 5. The first-order chi connectivity index (χ1) is 10.3. The minimum Gasteiger partial charge on any atom is -0.496 e. The summed E-state index contributed by atoms with van der Waals surface area (Å²) in [6.07, 6.45) is 1.09. The summed E-state index contributed by atoms with van der Waals surface area (Å²) in [4.78, 5) is 2.46. The average Bonchev–Trinajstić information content (AvgIpc) is 2.54. The van der Waals surface area contributed by atoms with Gasteiger partial charge >= 0.3 is 0 Å². The zero-order valence-electron chi connectivity index (χ0n) is 12.8. The maximum absolute atomic E-state index is 5.68. The Morgan fingerprint density at radius 3 is 2.67 bits per heavy atom. The number of morpholine rings is 1. The summed E-state index contributed by atoms with van der Waals surface area (Å²) in [6, 6.07) is 4.46. The van der Waals surface area contributed by atoms with Gasteiger partial charge in [0.25, 0.3) is 0 Å². The smallest absolute Gasteiger partial charge is 0.165 e. The van der Waals surface area contributed by atoms with Crippen LogP contribution in [0.2, 0.25) is 0 Å². The Kier molecular flexibility index (Phi) is 4.51. The van der Waals surface area contributed by atoms with Crippen molar-refractivity contribution in [2.45, 2.75) is 25.9 Å². The van der Waals surface area contributed by atoms with E-state index in [-0.39, 0.29) is 0 Å². The molecule has 2 heterocycles. The predicted octanol–water partition coefficient (Wildman–Crippen LogP) is 2.08. The van der Waals surface area contributed by atoms with E-state index in [4.69, 9.17) is 18.9 Å². The van der Waals surface area contributed by atoms with Gasteiger partial charge in [-0.25, -0.2) is 0 Å². The van der Waals surface area contributed by atoms with Crippen molar-refractivity contribution >= 4 is 0 Å². The summed E-state index contributed by atoms with van der Waals surface area (Å²) in [5.74, 6) is 2.45. The second kappa shape index (κ2) is 6.54. The highest BCUT2D eigenvalue weighted by molar-refractivity contribution is 5.51. The summed E-state index contributed by atoms with van der Waals surface area (Å²) in [5, 5.41) is 0. The van der Waals surface area contributed by atoms with Crippen LogP contribution in [0.15, 0.2) is 12.1 Å². The normalized spacial score (nSPS) is 22.1. The van der Waals surface area contributed by atoms with Crippen molar-refractivity contribution in [2.24, 2.45) is 0 Å². The minimum absolute atomic E-state index is 0.469. The standard InChI is InChI=1S/C16H23NO4/c1-3-13-11-19-5-4-17(13)10-12-8-15-16(9-14(12)18-2)21-7-6-20-15/h8-9,13H,3-7,10-11H2,1-2H3/t13-/m0/s1. The molecule has 0 aliphatic carbocycles. The molecule has 0 saturated carbocycles. The lowest BCUT2D eigenvalue weighted by atomic mass is 10.1. The Bertz CT molecular complexity index is 491. The van der Waals surface area contributed by atoms with Gasteiger partial charge in [-0.05, 0) is 12.5 Å². The molecule has 2 aliphatic heterocycles. The summed E-state index contributed by atoms with van der Waals surface area (Å²) in [5.41, 5.74) is 1.14. The lowest BCUT2D eigenvalue weighted by molar-refractivity contribution is -0.0130. The van der Waals surface area contributed by atoms with Crippen LogP contribution in [0.5, 0.6) is 17.2 Å². The number of nitrogens with zero attached hydrogens (tertiary/aromatic N) is 1. The third-order valence-electron chi connectivity index (χ3n) is 4.14. The average molecular weight is 293 g/mol. The molecule has 1 fully saturated rings. The lowest BCUT2D eigenvalue weighted by Crippen LogP contribution is -2.44. The van der Waals surface area contributed by atoms with Gasteiger partial charge in [0.05, 0.1) is 20.3 Å². The highest BCUT2D eigenvalue weighted by Crippen LogP contribution is 2.37. The fourth-order valence-corrected chi connectivity index (χ4v) is 2.92. The van der Waals surface area contributed by atoms with Crippen molar-refractivity contribution < 1.29 is 18.9 Å². The number of hydrogen-bond donors (Lipinski definition) is 0. The van der Waals surface area contributed by atoms with Crippen molar-refractivity contribution in [1.82, 2.24) is 4.90 Å². The van der Waals surface area contributed by atoms with Gasteiger partial charge in [0, 0.05) is 30.8 Å². The molecule has 116 valence electrons. The fraction of sp³-hybridized carbons (Fsp3) is 0.625. The first kappa shape index (κ1) is 14.5. The second-order valence-corrected chi connectivity index (χ2v) is 5.42. The molecule has 5 nitrogen and oxygen atoms in total. The number of fused-ring (bicyclic) bond motifs is 1. The molecule has 0 aromatic heterocycles. The van der Waals surface area contributed by atoms with Crippen LogP contribution in [-0.2, 0) is 11.3 Å². The highest BCUT2D eigenvalue weighted by atomic mass is 16.6. The van der Waals surface area contributed by atoms with Gasteiger partial charge in [0.2, 0.25) is 0 Å². The molecule has 1 aromatic carbocycles. The summed E-state index contributed by atoms with van der Waals surface area (Å²) < 4.78 is 22.4. The zero-order valence-corrected chi connectivity index (χ0v) is 12.8. The van der Waals surface area contributed by atoms with Crippen LogP contribution < -0.4 is 14.2 Å². The molecular formula is C16H23NO4. The third-order valence-corrected chi connectivity index (χ3v) is 4.14. The van der Waals surface area contributed by atoms with Crippen LogP contribution in [0.1, 0.15) is 18.9 Å². The minimum atomic E-state index is 0.469. The third kappa shape index (κ3) is 3.09. The highest BCUT2D eigenvalue weighted by Gasteiger charge is 2.24. The van der Waals surface area contributed by atoms with Gasteiger partial charge < -0.3 is 18.9 Å². The largest absolute Gasteiger partial charge is 0.496 e. The SMILES string of the molecule is CC[C@H]1COCCN1Cc1cc2c(cc1OC)OCCO2. The van der Waals surface area contributed by atoms with Gasteiger partial charge in [0.1, 0.15) is 19.0 Å². The Labute approximate surface area is 125 Å². The molecule has 0 N–H and O–H groups in total. The van der Waals surface area contributed by atoms with Gasteiger partial charge in [-0.2, -0.15) is 0 Å². The number of ether oxygens (including phenoxy) is 4. The molecule has 5 heteroatoms. The van der Waals surface area contributed by atoms with Crippen molar-refractivity contribution in [3.63, 3.8) is 0 Å². The van der Waals surface area contributed by atoms with Crippen LogP contribution in [0.3, 0.4) is 0 Å². The van der Waals surface area contributed by atoms with E-state index in [2.05, 4.69) is 17.9 Å². The topological polar surface area (TPSA) is 40.2 Å². The van der Waals surface area contributed by atoms with E-state index in [1.165, 1.54) is 0 Å². The van der Waals surface area contributed by atoms with E-state index >= 15 is 0 Å². The van der Waals surface area contributed by atoms with Crippen LogP contribution in [0, 0.1) is 0 Å². The van der Waals surface area contributed by atoms with Crippen LogP contribution in [-0.4, -0.2) is 51.0 Å². The van der Waals surface area contributed by atoms with Crippen LogP contribution >= 0.6 is 0 Å². The molecular weight excluding hydrogens is 270 g/mol. The molecule has 0 bridgehead atoms. The Morgan fingerprint density at radius 1 is 1.19 bits per heavy atom. The number of methoxy groups -OCH3 is 1.